The predicted octanol–water partition coefficient (Wildman–Crippen LogP) is 1.18. The molecule has 3 N–H and O–H groups in total. The molecule has 0 bridgehead atoms. The van der Waals surface area contributed by atoms with Crippen molar-refractivity contribution < 1.29 is 9.18 Å². The van der Waals surface area contributed by atoms with Crippen LogP contribution in [0.1, 0.15) is 12.0 Å². The second-order valence-electron chi connectivity index (χ2n) is 4.09. The number of hydrogen-bond donors (Lipinski definition) is 3. The number of amides is 2. The molecule has 0 unspecified atom stereocenters. The largest absolute Gasteiger partial charge is 0.334 e. The predicted molar refractivity (Wildman–Crippen MR) is 64.5 cm³/mol. The first-order valence-electron chi connectivity index (χ1n) is 5.67. The second kappa shape index (κ2) is 5.47. The van der Waals surface area contributed by atoms with Crippen LogP contribution in [0.4, 0.5) is 14.9 Å². The summed E-state index contributed by atoms with van der Waals surface area (Å²) in [6.07, 6.45) is 0.864. The van der Waals surface area contributed by atoms with Gasteiger partial charge in [-0.3, -0.25) is 0 Å². The molecule has 5 nitrogen and oxygen atoms in total. The Bertz CT molecular complexity index is 491. The van der Waals surface area contributed by atoms with Gasteiger partial charge in [-0.25, -0.2) is 9.18 Å². The minimum Gasteiger partial charge on any atom is -0.334 e. The lowest BCUT2D eigenvalue weighted by Crippen LogP contribution is -2.39. The lowest BCUT2D eigenvalue weighted by molar-refractivity contribution is 0.249. The Balaban J connectivity index is 1.96. The van der Waals surface area contributed by atoms with Crippen molar-refractivity contribution in [1.82, 2.24) is 10.6 Å². The van der Waals surface area contributed by atoms with Gasteiger partial charge >= 0.3 is 6.03 Å². The number of nitrogens with one attached hydrogen (secondary N) is 3. The van der Waals surface area contributed by atoms with Gasteiger partial charge in [-0.2, -0.15) is 5.26 Å². The summed E-state index contributed by atoms with van der Waals surface area (Å²) in [5, 5.41) is 16.9. The highest BCUT2D eigenvalue weighted by Gasteiger charge is 2.17. The SMILES string of the molecule is N#Cc1ccc(NC(=O)N[C@H]2CCNC2)c(F)c1. The van der Waals surface area contributed by atoms with E-state index in [-0.39, 0.29) is 17.3 Å². The summed E-state index contributed by atoms with van der Waals surface area (Å²) in [6.45, 7) is 1.60. The Kier molecular flexibility index (Phi) is 3.75. The number of hydrogen-bond acceptors (Lipinski definition) is 3. The van der Waals surface area contributed by atoms with E-state index in [9.17, 15) is 9.18 Å². The van der Waals surface area contributed by atoms with Crippen molar-refractivity contribution >= 4 is 11.7 Å². The number of halogens is 1. The van der Waals surface area contributed by atoms with Crippen molar-refractivity contribution in [3.8, 4) is 6.07 Å². The van der Waals surface area contributed by atoms with Gasteiger partial charge in [-0.05, 0) is 31.2 Å². The van der Waals surface area contributed by atoms with Gasteiger partial charge < -0.3 is 16.0 Å². The number of nitrogens with zero attached hydrogens (tertiary/aromatic N) is 1. The molecule has 1 atom stereocenters. The fourth-order valence-corrected chi connectivity index (χ4v) is 1.81. The molecule has 0 radical (unpaired) electrons. The van der Waals surface area contributed by atoms with Gasteiger partial charge in [0, 0.05) is 12.6 Å². The minimum atomic E-state index is -0.617. The molecule has 1 heterocycles. The maximum Gasteiger partial charge on any atom is 0.319 e. The summed E-state index contributed by atoms with van der Waals surface area (Å²) in [5.74, 6) is -0.617. The Morgan fingerprint density at radius 3 is 3.00 bits per heavy atom. The van der Waals surface area contributed by atoms with Gasteiger partial charge in [-0.1, -0.05) is 0 Å². The molecule has 0 aliphatic carbocycles. The van der Waals surface area contributed by atoms with Crippen molar-refractivity contribution in [2.75, 3.05) is 18.4 Å². The van der Waals surface area contributed by atoms with Crippen molar-refractivity contribution in [3.63, 3.8) is 0 Å². The number of urea groups is 1. The third-order valence-corrected chi connectivity index (χ3v) is 2.74. The summed E-state index contributed by atoms with van der Waals surface area (Å²) in [4.78, 5) is 11.6. The molecule has 6 heteroatoms. The minimum absolute atomic E-state index is 0.0671. The van der Waals surface area contributed by atoms with E-state index >= 15 is 0 Å². The monoisotopic (exact) mass is 248 g/mol. The van der Waals surface area contributed by atoms with E-state index in [1.807, 2.05) is 6.07 Å². The van der Waals surface area contributed by atoms with Crippen LogP contribution < -0.4 is 16.0 Å². The van der Waals surface area contributed by atoms with E-state index in [4.69, 9.17) is 5.26 Å². The number of carbonyl (C=O) groups excluding carboxylic acids is 1. The molecule has 18 heavy (non-hydrogen) atoms. The normalized spacial score (nSPS) is 18.1. The third-order valence-electron chi connectivity index (χ3n) is 2.74. The van der Waals surface area contributed by atoms with E-state index in [1.165, 1.54) is 12.1 Å². The zero-order valence-corrected chi connectivity index (χ0v) is 9.66. The number of rotatable bonds is 2. The number of anilines is 1. The van der Waals surface area contributed by atoms with Gasteiger partial charge in [0.1, 0.15) is 5.82 Å². The average Bonchev–Trinajstić information content (AvgIpc) is 2.84. The fraction of sp³-hybridized carbons (Fsp3) is 0.333. The topological polar surface area (TPSA) is 77.0 Å². The molecule has 1 aromatic carbocycles. The summed E-state index contributed by atoms with van der Waals surface area (Å²) >= 11 is 0. The van der Waals surface area contributed by atoms with Crippen molar-refractivity contribution in [1.29, 1.82) is 5.26 Å². The highest BCUT2D eigenvalue weighted by molar-refractivity contribution is 5.89. The number of benzene rings is 1. The van der Waals surface area contributed by atoms with Crippen LogP contribution in [0.5, 0.6) is 0 Å². The van der Waals surface area contributed by atoms with Gasteiger partial charge in [0.05, 0.1) is 17.3 Å². The van der Waals surface area contributed by atoms with Crippen LogP contribution in [0.2, 0.25) is 0 Å². The lowest BCUT2D eigenvalue weighted by Gasteiger charge is -2.12. The van der Waals surface area contributed by atoms with E-state index in [2.05, 4.69) is 16.0 Å². The van der Waals surface area contributed by atoms with Crippen molar-refractivity contribution in [3.05, 3.63) is 29.6 Å². The molecule has 1 aliphatic heterocycles. The maximum atomic E-state index is 13.5. The molecule has 1 fully saturated rings. The molecule has 1 saturated heterocycles. The van der Waals surface area contributed by atoms with E-state index in [0.29, 0.717) is 0 Å². The van der Waals surface area contributed by atoms with Crippen LogP contribution in [0.25, 0.3) is 0 Å². The smallest absolute Gasteiger partial charge is 0.319 e. The Morgan fingerprint density at radius 1 is 1.56 bits per heavy atom. The van der Waals surface area contributed by atoms with Crippen LogP contribution in [0.15, 0.2) is 18.2 Å². The third kappa shape index (κ3) is 2.96. The van der Waals surface area contributed by atoms with Gasteiger partial charge in [0.25, 0.3) is 0 Å². The Hall–Kier alpha value is -2.13. The molecule has 0 aromatic heterocycles. The quantitative estimate of drug-likeness (QED) is 0.735. The summed E-state index contributed by atoms with van der Waals surface area (Å²) in [5.41, 5.74) is 0.288. The fourth-order valence-electron chi connectivity index (χ4n) is 1.81. The maximum absolute atomic E-state index is 13.5. The second-order valence-corrected chi connectivity index (χ2v) is 4.09. The first-order valence-corrected chi connectivity index (χ1v) is 5.67. The molecule has 0 spiro atoms. The van der Waals surface area contributed by atoms with Gasteiger partial charge in [0.2, 0.25) is 0 Å². The summed E-state index contributed by atoms with van der Waals surface area (Å²) in [7, 11) is 0. The Labute approximate surface area is 104 Å². The summed E-state index contributed by atoms with van der Waals surface area (Å²) in [6, 6.07) is 5.39. The first kappa shape index (κ1) is 12.3. The van der Waals surface area contributed by atoms with Crippen LogP contribution in [-0.4, -0.2) is 25.2 Å². The van der Waals surface area contributed by atoms with Gasteiger partial charge in [0.15, 0.2) is 0 Å². The van der Waals surface area contributed by atoms with Crippen molar-refractivity contribution in [2.45, 2.75) is 12.5 Å². The highest BCUT2D eigenvalue weighted by atomic mass is 19.1. The molecule has 94 valence electrons. The van der Waals surface area contributed by atoms with Crippen LogP contribution in [0.3, 0.4) is 0 Å². The van der Waals surface area contributed by atoms with Crippen LogP contribution >= 0.6 is 0 Å². The van der Waals surface area contributed by atoms with Crippen LogP contribution in [-0.2, 0) is 0 Å². The molecule has 2 amide bonds. The van der Waals surface area contributed by atoms with Crippen LogP contribution in [0, 0.1) is 17.1 Å². The zero-order valence-electron chi connectivity index (χ0n) is 9.66. The molecular formula is C12H13FN4O. The molecule has 2 rings (SSSR count). The molecule has 0 saturated carbocycles. The highest BCUT2D eigenvalue weighted by Crippen LogP contribution is 2.15. The first-order chi connectivity index (χ1) is 8.69. The molecule has 1 aliphatic rings. The van der Waals surface area contributed by atoms with E-state index < -0.39 is 11.8 Å². The lowest BCUT2D eigenvalue weighted by atomic mass is 10.2. The van der Waals surface area contributed by atoms with Crippen molar-refractivity contribution in [2.24, 2.45) is 0 Å². The number of nitriles is 1. The molecular weight excluding hydrogens is 235 g/mol. The average molecular weight is 248 g/mol. The van der Waals surface area contributed by atoms with E-state index in [0.717, 1.165) is 25.6 Å². The standard InChI is InChI=1S/C12H13FN4O/c13-10-5-8(6-14)1-2-11(10)17-12(18)16-9-3-4-15-7-9/h1-2,5,9,15H,3-4,7H2,(H2,16,17,18)/t9-/m0/s1. The molecule has 1 aromatic rings. The van der Waals surface area contributed by atoms with Gasteiger partial charge in [-0.15, -0.1) is 0 Å². The Morgan fingerprint density at radius 2 is 2.39 bits per heavy atom. The summed E-state index contributed by atoms with van der Waals surface area (Å²) < 4.78 is 13.5. The van der Waals surface area contributed by atoms with E-state index in [1.54, 1.807) is 0 Å². The zero-order chi connectivity index (χ0) is 13.0. The number of carbonyl (C=O) groups is 1.